The van der Waals surface area contributed by atoms with Crippen molar-refractivity contribution in [3.63, 3.8) is 0 Å². The van der Waals surface area contributed by atoms with Crippen LogP contribution < -0.4 is 26.6 Å². The number of carbonyl (C=O) groups excluding carboxylic acids is 6. The molecule has 0 aromatic heterocycles. The van der Waals surface area contributed by atoms with Gasteiger partial charge in [0.05, 0.1) is 34.2 Å². The minimum absolute atomic E-state index is 0.0487. The zero-order valence-corrected chi connectivity index (χ0v) is 26.8. The first-order chi connectivity index (χ1) is 21.2. The number of Topliss-reactive ketones (excluding diaryl/α,β-unsaturated/α-hetero) is 1. The second-order valence-electron chi connectivity index (χ2n) is 11.3. The minimum Gasteiger partial charge on any atom is -0.355 e. The van der Waals surface area contributed by atoms with Crippen molar-refractivity contribution in [1.82, 2.24) is 26.6 Å². The molecule has 0 aliphatic carbocycles. The molecule has 11 nitrogen and oxygen atoms in total. The summed E-state index contributed by atoms with van der Waals surface area (Å²) in [5.74, 6) is -3.32. The van der Waals surface area contributed by atoms with E-state index in [0.717, 1.165) is 31.2 Å². The Hall–Kier alpha value is -3.57. The highest BCUT2D eigenvalue weighted by atomic mass is 16.2. The van der Waals surface area contributed by atoms with Crippen molar-refractivity contribution in [3.8, 4) is 0 Å². The Morgan fingerprint density at radius 2 is 1.38 bits per heavy atom. The fourth-order valence-electron chi connectivity index (χ4n) is 4.24. The van der Waals surface area contributed by atoms with E-state index in [1.807, 2.05) is 6.92 Å². The van der Waals surface area contributed by atoms with Crippen molar-refractivity contribution in [2.75, 3.05) is 19.6 Å². The number of ketones is 1. The Morgan fingerprint density at radius 3 is 2.00 bits per heavy atom. The maximum Gasteiger partial charge on any atom is 0.243 e. The van der Waals surface area contributed by atoms with Gasteiger partial charge in [-0.3, -0.25) is 24.0 Å². The lowest BCUT2D eigenvalue weighted by atomic mass is 9.51. The summed E-state index contributed by atoms with van der Waals surface area (Å²) < 4.78 is 0. The van der Waals surface area contributed by atoms with Crippen LogP contribution in [0.5, 0.6) is 0 Å². The number of benzene rings is 1. The van der Waals surface area contributed by atoms with Gasteiger partial charge >= 0.3 is 0 Å². The predicted molar refractivity (Wildman–Crippen MR) is 176 cm³/mol. The molecule has 0 fully saturated rings. The van der Waals surface area contributed by atoms with E-state index in [0.29, 0.717) is 19.3 Å². The Balaban J connectivity index is 2.88. The van der Waals surface area contributed by atoms with E-state index in [1.54, 1.807) is 30.3 Å². The van der Waals surface area contributed by atoms with E-state index in [1.165, 1.54) is 6.92 Å². The third-order valence-electron chi connectivity index (χ3n) is 7.24. The number of rotatable bonds is 22. The molecule has 0 spiro atoms. The highest BCUT2D eigenvalue weighted by Crippen LogP contribution is 2.21. The quantitative estimate of drug-likeness (QED) is 0.0948. The Kier molecular flexibility index (Phi) is 17.9. The van der Waals surface area contributed by atoms with E-state index in [-0.39, 0.29) is 38.3 Å². The third-order valence-corrected chi connectivity index (χ3v) is 7.24. The first kappa shape index (κ1) is 39.5. The number of nitrogens with one attached hydrogen (secondary N) is 5. The van der Waals surface area contributed by atoms with Gasteiger partial charge in [0.1, 0.15) is 19.7 Å². The van der Waals surface area contributed by atoms with Crippen molar-refractivity contribution in [3.05, 3.63) is 35.9 Å². The maximum atomic E-state index is 13.5. The molecule has 6 radical (unpaired) electrons. The van der Waals surface area contributed by atoms with Gasteiger partial charge in [0.15, 0.2) is 0 Å². The van der Waals surface area contributed by atoms with Gasteiger partial charge in [0.25, 0.3) is 0 Å². The molecule has 0 saturated heterocycles. The molecule has 45 heavy (non-hydrogen) atoms. The number of amides is 5. The van der Waals surface area contributed by atoms with Gasteiger partial charge in [-0.2, -0.15) is 0 Å². The second kappa shape index (κ2) is 20.5. The molecule has 0 aliphatic heterocycles. The summed E-state index contributed by atoms with van der Waals surface area (Å²) in [5.41, 5.74) is -1.10. The molecule has 5 amide bonds. The molecule has 1 aromatic rings. The van der Waals surface area contributed by atoms with E-state index < -0.39 is 52.7 Å². The van der Waals surface area contributed by atoms with E-state index in [9.17, 15) is 28.8 Å². The van der Waals surface area contributed by atoms with Crippen molar-refractivity contribution in [2.45, 2.75) is 102 Å². The van der Waals surface area contributed by atoms with Crippen LogP contribution in [-0.2, 0) is 35.2 Å². The van der Waals surface area contributed by atoms with Crippen LogP contribution >= 0.6 is 0 Å². The van der Waals surface area contributed by atoms with Crippen molar-refractivity contribution in [2.24, 2.45) is 0 Å². The molecule has 1 rings (SSSR count). The summed E-state index contributed by atoms with van der Waals surface area (Å²) in [5, 5.41) is 11.1. The fourth-order valence-corrected chi connectivity index (χ4v) is 4.24. The van der Waals surface area contributed by atoms with Crippen LogP contribution in [0.4, 0.5) is 0 Å². The van der Waals surface area contributed by atoms with E-state index in [2.05, 4.69) is 33.5 Å². The van der Waals surface area contributed by atoms with Gasteiger partial charge in [-0.05, 0) is 37.0 Å². The average Bonchev–Trinajstić information content (AvgIpc) is 3.00. The fraction of sp³-hybridized carbons (Fsp3) is 0.613. The third kappa shape index (κ3) is 15.8. The average molecular weight is 617 g/mol. The number of hydrogen-bond donors (Lipinski definition) is 5. The smallest absolute Gasteiger partial charge is 0.243 e. The van der Waals surface area contributed by atoms with Crippen molar-refractivity contribution in [1.29, 1.82) is 0 Å². The standard InChI is InChI=1S/C31H46B3N5O6/c1-4-6-8-12-15-25(41)36-20-26(42)37-21-27(43)38-24(19-23-13-10-9-11-14-23)28(44)39-31(34,16-7-5-2)29(45)35-18-17-30(32,33)22(3)40/h9-11,13-14,24H,4-8,12,15-21H2,1-3H3,(H,35,45)(H,36,41)(H,37,42)(H,38,43)(H,39,44). The summed E-state index contributed by atoms with van der Waals surface area (Å²) in [7, 11) is 18.0. The highest BCUT2D eigenvalue weighted by molar-refractivity contribution is 6.50. The molecule has 2 atom stereocenters. The molecule has 0 heterocycles. The molecule has 5 N–H and O–H groups in total. The van der Waals surface area contributed by atoms with Gasteiger partial charge in [-0.15, -0.1) is 0 Å². The van der Waals surface area contributed by atoms with Gasteiger partial charge in [0, 0.05) is 19.4 Å². The zero-order chi connectivity index (χ0) is 33.9. The number of hydrogen-bond acceptors (Lipinski definition) is 6. The monoisotopic (exact) mass is 617 g/mol. The maximum absolute atomic E-state index is 13.5. The minimum atomic E-state index is -1.84. The van der Waals surface area contributed by atoms with Gasteiger partial charge in [-0.1, -0.05) is 76.3 Å². The van der Waals surface area contributed by atoms with Gasteiger partial charge < -0.3 is 31.4 Å². The molecule has 0 aliphatic rings. The number of unbranched alkanes of at least 4 members (excludes halogenated alkanes) is 4. The Labute approximate surface area is 271 Å². The molecular formula is C31H46B3N5O6. The van der Waals surface area contributed by atoms with Crippen LogP contribution in [-0.4, -0.2) is 90.0 Å². The highest BCUT2D eigenvalue weighted by Gasteiger charge is 2.36. The molecule has 2 unspecified atom stereocenters. The Bertz CT molecular complexity index is 1140. The first-order valence-electron chi connectivity index (χ1n) is 15.6. The molecule has 1 aromatic carbocycles. The summed E-state index contributed by atoms with van der Waals surface area (Å²) in [6.07, 6.45) is 5.40. The normalized spacial score (nSPS) is 13.0. The summed E-state index contributed by atoms with van der Waals surface area (Å²) in [6.45, 7) is 4.44. The molecule has 0 bridgehead atoms. The lowest BCUT2D eigenvalue weighted by molar-refractivity contribution is -0.133. The molecule has 14 heteroatoms. The van der Waals surface area contributed by atoms with E-state index in [4.69, 9.17) is 23.5 Å². The topological polar surface area (TPSA) is 163 Å². The van der Waals surface area contributed by atoms with Gasteiger partial charge in [-0.25, -0.2) is 0 Å². The lowest BCUT2D eigenvalue weighted by Gasteiger charge is -2.33. The van der Waals surface area contributed by atoms with Crippen LogP contribution in [0.2, 0.25) is 5.21 Å². The largest absolute Gasteiger partial charge is 0.355 e. The lowest BCUT2D eigenvalue weighted by Crippen LogP contribution is -2.63. The molecule has 240 valence electrons. The second-order valence-corrected chi connectivity index (χ2v) is 11.3. The Morgan fingerprint density at radius 1 is 0.756 bits per heavy atom. The summed E-state index contributed by atoms with van der Waals surface area (Å²) in [6, 6.07) is 7.78. The van der Waals surface area contributed by atoms with Crippen LogP contribution in [0.3, 0.4) is 0 Å². The first-order valence-corrected chi connectivity index (χ1v) is 15.6. The number of carbonyl (C=O) groups is 6. The van der Waals surface area contributed by atoms with Crippen molar-refractivity contribution >= 4 is 58.9 Å². The zero-order valence-electron chi connectivity index (χ0n) is 26.8. The van der Waals surface area contributed by atoms with Crippen LogP contribution in [0.1, 0.15) is 84.1 Å². The van der Waals surface area contributed by atoms with Crippen LogP contribution in [0.25, 0.3) is 0 Å². The van der Waals surface area contributed by atoms with Crippen LogP contribution in [0.15, 0.2) is 30.3 Å². The van der Waals surface area contributed by atoms with Gasteiger partial charge in [0.2, 0.25) is 29.5 Å². The molecule has 0 saturated carbocycles. The van der Waals surface area contributed by atoms with Crippen LogP contribution in [0, 0.1) is 0 Å². The summed E-state index contributed by atoms with van der Waals surface area (Å²) >= 11 is 0. The van der Waals surface area contributed by atoms with Crippen molar-refractivity contribution < 1.29 is 28.8 Å². The predicted octanol–water partition coefficient (Wildman–Crippen LogP) is 0.636. The van der Waals surface area contributed by atoms with E-state index >= 15 is 0 Å². The summed E-state index contributed by atoms with van der Waals surface area (Å²) in [4.78, 5) is 75.2. The molecular weight excluding hydrogens is 571 g/mol. The SMILES string of the molecule is [B]C([B])(CCNC(=O)C([B])(CCCC)NC(=O)C(Cc1ccccc1)NC(=O)CNC(=O)CNC(=O)CCCCCC)C(C)=O.